The average molecular weight is 1130 g/mol. The molecule has 0 radical (unpaired) electrons. The molecule has 0 bridgehead atoms. The van der Waals surface area contributed by atoms with E-state index in [0.717, 1.165) is 42.9 Å². The minimum absolute atomic E-state index is 0.0110. The second-order valence-electron chi connectivity index (χ2n) is 31.2. The molecule has 0 aromatic heterocycles. The molecule has 10 aromatic carbocycles. The molecule has 3 aliphatic heterocycles. The van der Waals surface area contributed by atoms with Gasteiger partial charge in [-0.3, -0.25) is 0 Å². The fourth-order valence-corrected chi connectivity index (χ4v) is 18.7. The molecule has 0 saturated heterocycles. The third-order valence-corrected chi connectivity index (χ3v) is 23.9. The molecular formula is C83H80BN3. The lowest BCUT2D eigenvalue weighted by atomic mass is 9.32. The molecule has 7 aliphatic rings. The highest BCUT2D eigenvalue weighted by molar-refractivity contribution is 7.00. The molecule has 0 amide bonds. The standard InChI is InChI=1S/C83H80BN3/c1-77(2,3)54-36-37-67-64(43-54)82(12)38-20-21-39-83(82,13)87(67)55-44-72-76-73(45-55)86(69-33-23-27-53-42-52-25-15-17-29-57(52)75(53)69)70-48-61-60(78(4,5)40-41-79(61,6)7)46-65(70)84(76)66-47-62-63(81(10,11)59-31-19-18-30-58(59)80(62,8)9)49-71(66)85(72)68-32-22-26-51-35-34-50-24-14-16-28-56(50)74(51)68/h14-19,22-33,36-37,43-49H,20-21,38-42H2,1-13H3. The van der Waals surface area contributed by atoms with E-state index in [-0.39, 0.29) is 44.7 Å². The van der Waals surface area contributed by atoms with E-state index in [1.54, 1.807) is 0 Å². The Morgan fingerprint density at radius 1 is 0.437 bits per heavy atom. The second-order valence-corrected chi connectivity index (χ2v) is 31.2. The molecule has 0 spiro atoms. The Morgan fingerprint density at radius 2 is 1.00 bits per heavy atom. The predicted molar refractivity (Wildman–Crippen MR) is 369 cm³/mol. The van der Waals surface area contributed by atoms with Gasteiger partial charge in [0.05, 0.1) is 16.9 Å². The zero-order valence-corrected chi connectivity index (χ0v) is 53.5. The van der Waals surface area contributed by atoms with Crippen molar-refractivity contribution in [2.75, 3.05) is 14.7 Å². The van der Waals surface area contributed by atoms with E-state index < -0.39 is 0 Å². The van der Waals surface area contributed by atoms with Crippen LogP contribution in [0.25, 0.3) is 32.7 Å². The van der Waals surface area contributed by atoms with Crippen molar-refractivity contribution in [1.29, 1.82) is 0 Å². The summed E-state index contributed by atoms with van der Waals surface area (Å²) in [5.41, 5.74) is 30.5. The van der Waals surface area contributed by atoms with Gasteiger partial charge >= 0.3 is 0 Å². The molecule has 3 nitrogen and oxygen atoms in total. The van der Waals surface area contributed by atoms with Crippen LogP contribution in [-0.4, -0.2) is 12.3 Å². The van der Waals surface area contributed by atoms with Crippen molar-refractivity contribution >= 4 is 90.1 Å². The normalized spacial score (nSPS) is 21.6. The minimum Gasteiger partial charge on any atom is -0.334 e. The SMILES string of the molecule is CC(C)(C)c1ccc2c(c1)C1(C)CCCCC1(C)N2c1cc2c3c(c1)N(c1cccc4c#cc5ccccc5c14)c1cc4c(cc1B3c1cc3c(cc1N2c1cccc2c1-c1ccccc1C2)C(C)(C)CCC3(C)C)C(C)(C)c1ccccc1C4(C)C. The zero-order chi connectivity index (χ0) is 59.9. The van der Waals surface area contributed by atoms with Gasteiger partial charge in [-0.25, -0.2) is 0 Å². The minimum atomic E-state index is -0.283. The van der Waals surface area contributed by atoms with Gasteiger partial charge in [0.25, 0.3) is 6.71 Å². The van der Waals surface area contributed by atoms with Gasteiger partial charge < -0.3 is 14.7 Å². The van der Waals surface area contributed by atoms with Gasteiger partial charge in [0.15, 0.2) is 0 Å². The summed E-state index contributed by atoms with van der Waals surface area (Å²) < 4.78 is 0. The Kier molecular flexibility index (Phi) is 10.7. The van der Waals surface area contributed by atoms with Crippen molar-refractivity contribution in [3.05, 3.63) is 232 Å². The summed E-state index contributed by atoms with van der Waals surface area (Å²) in [7, 11) is 0. The van der Waals surface area contributed by atoms with E-state index in [9.17, 15) is 0 Å². The quantitative estimate of drug-likeness (QED) is 0.163. The molecular weight excluding hydrogens is 1050 g/mol. The van der Waals surface area contributed by atoms with Crippen LogP contribution in [0.5, 0.6) is 0 Å². The van der Waals surface area contributed by atoms with Gasteiger partial charge in [0.1, 0.15) is 0 Å². The van der Waals surface area contributed by atoms with Crippen LogP contribution < -0.4 is 31.1 Å². The van der Waals surface area contributed by atoms with Crippen LogP contribution in [-0.2, 0) is 38.9 Å². The molecule has 3 heterocycles. The first-order chi connectivity index (χ1) is 41.5. The summed E-state index contributed by atoms with van der Waals surface area (Å²) in [6.07, 6.45) is 7.91. The summed E-state index contributed by atoms with van der Waals surface area (Å²) in [5.74, 6) is 0. The maximum Gasteiger partial charge on any atom is 0.252 e. The molecule has 0 N–H and O–H groups in total. The van der Waals surface area contributed by atoms with Crippen LogP contribution in [0.3, 0.4) is 0 Å². The number of benzene rings is 9. The highest BCUT2D eigenvalue weighted by Crippen LogP contribution is 2.63. The van der Waals surface area contributed by atoms with Crippen molar-refractivity contribution in [3.8, 4) is 11.1 Å². The second kappa shape index (κ2) is 17.4. The molecule has 430 valence electrons. The Morgan fingerprint density at radius 3 is 1.72 bits per heavy atom. The number of fused-ring (bicyclic) bond motifs is 16. The van der Waals surface area contributed by atoms with E-state index in [2.05, 4.69) is 281 Å². The summed E-state index contributed by atoms with van der Waals surface area (Å²) in [5, 5.41) is 4.55. The van der Waals surface area contributed by atoms with E-state index in [1.807, 2.05) is 0 Å². The zero-order valence-electron chi connectivity index (χ0n) is 53.5. The van der Waals surface area contributed by atoms with Crippen LogP contribution in [0.15, 0.2) is 164 Å². The van der Waals surface area contributed by atoms with Crippen molar-refractivity contribution < 1.29 is 0 Å². The van der Waals surface area contributed by atoms with Crippen LogP contribution >= 0.6 is 0 Å². The molecule has 10 aromatic rings. The van der Waals surface area contributed by atoms with Crippen LogP contribution in [0, 0.1) is 12.1 Å². The Hall–Kier alpha value is -8.00. The largest absolute Gasteiger partial charge is 0.334 e. The summed E-state index contributed by atoms with van der Waals surface area (Å²) in [6.45, 7) is 32.3. The lowest BCUT2D eigenvalue weighted by Crippen LogP contribution is -2.62. The Bertz CT molecular complexity index is 4680. The topological polar surface area (TPSA) is 9.72 Å². The van der Waals surface area contributed by atoms with Gasteiger partial charge in [0.2, 0.25) is 0 Å². The lowest BCUT2D eigenvalue weighted by molar-refractivity contribution is 0.195. The van der Waals surface area contributed by atoms with Crippen LogP contribution in [0.4, 0.5) is 45.5 Å². The Balaban J connectivity index is 1.07. The van der Waals surface area contributed by atoms with Gasteiger partial charge in [-0.2, -0.15) is 0 Å². The molecule has 1 saturated carbocycles. The third kappa shape index (κ3) is 6.98. The van der Waals surface area contributed by atoms with Crippen molar-refractivity contribution in [2.45, 2.75) is 173 Å². The smallest absolute Gasteiger partial charge is 0.252 e. The number of hydrogen-bond acceptors (Lipinski definition) is 3. The van der Waals surface area contributed by atoms with Gasteiger partial charge in [0, 0.05) is 77.5 Å². The van der Waals surface area contributed by atoms with E-state index in [4.69, 9.17) is 0 Å². The highest BCUT2D eigenvalue weighted by atomic mass is 15.3. The monoisotopic (exact) mass is 1130 g/mol. The fourth-order valence-electron chi connectivity index (χ4n) is 18.7. The van der Waals surface area contributed by atoms with E-state index >= 15 is 0 Å². The molecule has 17 rings (SSSR count). The maximum atomic E-state index is 3.72. The average Bonchev–Trinajstić information content (AvgIpc) is 1.44. The fraction of sp³-hybridized carbons (Fsp3) is 0.325. The lowest BCUT2D eigenvalue weighted by Gasteiger charge is -2.52. The number of rotatable bonds is 3. The first-order valence-corrected chi connectivity index (χ1v) is 32.7. The maximum absolute atomic E-state index is 3.72. The van der Waals surface area contributed by atoms with Gasteiger partial charge in [-0.1, -0.05) is 217 Å². The van der Waals surface area contributed by atoms with Crippen molar-refractivity contribution in [3.63, 3.8) is 0 Å². The number of nitrogens with zero attached hydrogens (tertiary/aromatic N) is 3. The predicted octanol–water partition coefficient (Wildman–Crippen LogP) is 19.6. The molecule has 1 fully saturated rings. The van der Waals surface area contributed by atoms with Gasteiger partial charge in [-0.05, 0) is 187 Å². The number of hydrogen-bond donors (Lipinski definition) is 0. The first kappa shape index (κ1) is 53.3. The van der Waals surface area contributed by atoms with Crippen molar-refractivity contribution in [1.82, 2.24) is 0 Å². The third-order valence-electron chi connectivity index (χ3n) is 23.9. The molecule has 4 heteroatoms. The molecule has 2 atom stereocenters. The first-order valence-electron chi connectivity index (χ1n) is 32.7. The van der Waals surface area contributed by atoms with E-state index in [1.165, 1.54) is 152 Å². The van der Waals surface area contributed by atoms with Crippen molar-refractivity contribution in [2.24, 2.45) is 0 Å². The molecule has 4 aliphatic carbocycles. The highest BCUT2D eigenvalue weighted by Gasteiger charge is 2.59. The Labute approximate surface area is 517 Å². The van der Waals surface area contributed by atoms with Gasteiger partial charge in [-0.15, -0.1) is 0 Å². The van der Waals surface area contributed by atoms with E-state index in [0.29, 0.717) is 0 Å². The van der Waals surface area contributed by atoms with Crippen LogP contribution in [0.2, 0.25) is 0 Å². The molecule has 87 heavy (non-hydrogen) atoms. The summed E-state index contributed by atoms with van der Waals surface area (Å²) in [4.78, 5) is 8.45. The van der Waals surface area contributed by atoms with Crippen LogP contribution in [0.1, 0.15) is 184 Å². The number of anilines is 8. The molecule has 2 unspecified atom stereocenters. The summed E-state index contributed by atoms with van der Waals surface area (Å²) >= 11 is 0. The summed E-state index contributed by atoms with van der Waals surface area (Å²) in [6, 6.07) is 72.8.